The predicted octanol–water partition coefficient (Wildman–Crippen LogP) is 4.03. The molecule has 0 atom stereocenters. The summed E-state index contributed by atoms with van der Waals surface area (Å²) < 4.78 is 5.08. The molecule has 0 unspecified atom stereocenters. The van der Waals surface area contributed by atoms with Crippen LogP contribution in [0.2, 0.25) is 0 Å². The maximum absolute atomic E-state index is 12.2. The molecule has 2 aromatic carbocycles. The number of benzene rings is 2. The molecule has 7 heteroatoms. The van der Waals surface area contributed by atoms with Crippen molar-refractivity contribution in [3.8, 4) is 5.75 Å². The lowest BCUT2D eigenvalue weighted by molar-refractivity contribution is 0.0949. The van der Waals surface area contributed by atoms with E-state index in [-0.39, 0.29) is 11.7 Å². The van der Waals surface area contributed by atoms with Gasteiger partial charge in [-0.15, -0.1) is 11.3 Å². The first-order chi connectivity index (χ1) is 13.0. The van der Waals surface area contributed by atoms with Gasteiger partial charge in [-0.1, -0.05) is 0 Å². The first-order valence-corrected chi connectivity index (χ1v) is 9.18. The molecule has 1 aromatic heterocycles. The zero-order chi connectivity index (χ0) is 19.2. The fourth-order valence-electron chi connectivity index (χ4n) is 2.37. The number of thiazole rings is 1. The molecule has 6 nitrogen and oxygen atoms in total. The van der Waals surface area contributed by atoms with E-state index in [1.807, 2.05) is 17.5 Å². The van der Waals surface area contributed by atoms with Gasteiger partial charge >= 0.3 is 0 Å². The number of amides is 1. The van der Waals surface area contributed by atoms with Gasteiger partial charge in [0.25, 0.3) is 5.91 Å². The minimum absolute atomic E-state index is 0.0330. The average Bonchev–Trinajstić information content (AvgIpc) is 3.14. The molecule has 1 amide bonds. The lowest BCUT2D eigenvalue weighted by atomic mass is 10.1. The lowest BCUT2D eigenvalue weighted by Crippen LogP contribution is -2.22. The monoisotopic (exact) mass is 381 g/mol. The van der Waals surface area contributed by atoms with Crippen molar-refractivity contribution in [1.29, 1.82) is 0 Å². The summed E-state index contributed by atoms with van der Waals surface area (Å²) in [4.78, 5) is 28.0. The molecular weight excluding hydrogens is 362 g/mol. The zero-order valence-electron chi connectivity index (χ0n) is 15.0. The summed E-state index contributed by atoms with van der Waals surface area (Å²) in [5.41, 5.74) is 2.85. The summed E-state index contributed by atoms with van der Waals surface area (Å²) in [5.74, 6) is 0.573. The van der Waals surface area contributed by atoms with Crippen LogP contribution in [0.1, 0.15) is 33.3 Å². The molecule has 0 aliphatic heterocycles. The van der Waals surface area contributed by atoms with Crippen LogP contribution in [-0.4, -0.2) is 23.8 Å². The number of nitrogens with one attached hydrogen (secondary N) is 2. The number of rotatable bonds is 7. The molecule has 0 saturated heterocycles. The van der Waals surface area contributed by atoms with E-state index in [2.05, 4.69) is 15.6 Å². The minimum Gasteiger partial charge on any atom is -0.497 e. The number of ether oxygens (including phenoxy) is 1. The first-order valence-electron chi connectivity index (χ1n) is 8.30. The molecule has 3 aromatic rings. The normalized spacial score (nSPS) is 10.3. The van der Waals surface area contributed by atoms with E-state index < -0.39 is 0 Å². The van der Waals surface area contributed by atoms with Crippen LogP contribution >= 0.6 is 11.3 Å². The van der Waals surface area contributed by atoms with Crippen molar-refractivity contribution in [1.82, 2.24) is 10.3 Å². The number of nitrogens with zero attached hydrogens (tertiary/aromatic N) is 1. The summed E-state index contributed by atoms with van der Waals surface area (Å²) in [7, 11) is 1.58. The number of methoxy groups -OCH3 is 1. The Bertz CT molecular complexity index is 934. The number of carbonyl (C=O) groups is 2. The van der Waals surface area contributed by atoms with Crippen LogP contribution in [-0.2, 0) is 6.54 Å². The van der Waals surface area contributed by atoms with Crippen molar-refractivity contribution < 1.29 is 14.3 Å². The van der Waals surface area contributed by atoms with E-state index in [9.17, 15) is 9.59 Å². The first kappa shape index (κ1) is 18.6. The van der Waals surface area contributed by atoms with Crippen LogP contribution in [0.25, 0.3) is 0 Å². The number of hydrogen-bond donors (Lipinski definition) is 2. The number of anilines is 2. The van der Waals surface area contributed by atoms with Gasteiger partial charge in [0.05, 0.1) is 19.3 Å². The average molecular weight is 381 g/mol. The second-order valence-electron chi connectivity index (χ2n) is 5.81. The summed E-state index contributed by atoms with van der Waals surface area (Å²) in [5, 5.41) is 8.65. The third kappa shape index (κ3) is 4.92. The largest absolute Gasteiger partial charge is 0.497 e. The molecule has 0 spiro atoms. The topological polar surface area (TPSA) is 80.3 Å². The highest BCUT2D eigenvalue weighted by Gasteiger charge is 2.08. The number of Topliss-reactive ketones (excluding diaryl/α,β-unsaturated/α-hetero) is 1. The van der Waals surface area contributed by atoms with E-state index in [0.717, 1.165) is 16.5 Å². The molecule has 2 N–H and O–H groups in total. The number of aromatic nitrogens is 1. The Morgan fingerprint density at radius 3 is 2.33 bits per heavy atom. The van der Waals surface area contributed by atoms with Gasteiger partial charge in [-0.25, -0.2) is 4.98 Å². The maximum atomic E-state index is 12.2. The molecule has 1 heterocycles. The Labute approximate surface area is 161 Å². The zero-order valence-corrected chi connectivity index (χ0v) is 15.8. The van der Waals surface area contributed by atoms with Crippen molar-refractivity contribution in [2.45, 2.75) is 13.5 Å². The molecule has 0 aliphatic rings. The number of hydrogen-bond acceptors (Lipinski definition) is 6. The summed E-state index contributed by atoms with van der Waals surface area (Å²) >= 11 is 1.45. The maximum Gasteiger partial charge on any atom is 0.251 e. The second-order valence-corrected chi connectivity index (χ2v) is 6.67. The van der Waals surface area contributed by atoms with Gasteiger partial charge in [-0.2, -0.15) is 0 Å². The number of carbonyl (C=O) groups excluding carboxylic acids is 2. The van der Waals surface area contributed by atoms with Gasteiger partial charge < -0.3 is 15.4 Å². The fourth-order valence-corrected chi connectivity index (χ4v) is 3.10. The van der Waals surface area contributed by atoms with Crippen molar-refractivity contribution in [3.63, 3.8) is 0 Å². The third-order valence-electron chi connectivity index (χ3n) is 3.88. The molecule has 138 valence electrons. The van der Waals surface area contributed by atoms with Gasteiger partial charge in [0.2, 0.25) is 0 Å². The molecule has 0 saturated carbocycles. The Balaban J connectivity index is 1.55. The standard InChI is InChI=1S/C20H19N3O3S/c1-13(24)14-3-7-16(8-4-14)22-20-23-17(12-27-20)11-21-19(25)15-5-9-18(26-2)10-6-15/h3-10,12H,11H2,1-2H3,(H,21,25)(H,22,23). The molecule has 0 aliphatic carbocycles. The van der Waals surface area contributed by atoms with Crippen LogP contribution in [0.4, 0.5) is 10.8 Å². The van der Waals surface area contributed by atoms with E-state index in [1.165, 1.54) is 18.3 Å². The quantitative estimate of drug-likeness (QED) is 0.604. The van der Waals surface area contributed by atoms with Crippen LogP contribution in [0.15, 0.2) is 53.9 Å². The van der Waals surface area contributed by atoms with Crippen molar-refractivity contribution in [2.75, 3.05) is 12.4 Å². The molecule has 0 radical (unpaired) electrons. The lowest BCUT2D eigenvalue weighted by Gasteiger charge is -2.05. The molecule has 3 rings (SSSR count). The molecular formula is C20H19N3O3S. The Kier molecular flexibility index (Phi) is 5.83. The summed E-state index contributed by atoms with van der Waals surface area (Å²) in [6.07, 6.45) is 0. The highest BCUT2D eigenvalue weighted by Crippen LogP contribution is 2.21. The van der Waals surface area contributed by atoms with Gasteiger partial charge in [0, 0.05) is 22.2 Å². The van der Waals surface area contributed by atoms with Crippen molar-refractivity contribution >= 4 is 33.8 Å². The SMILES string of the molecule is COc1ccc(C(=O)NCc2csc(Nc3ccc(C(C)=O)cc3)n2)cc1. The van der Waals surface area contributed by atoms with E-state index in [0.29, 0.717) is 23.4 Å². The fraction of sp³-hybridized carbons (Fsp3) is 0.150. The third-order valence-corrected chi connectivity index (χ3v) is 4.68. The number of ketones is 1. The van der Waals surface area contributed by atoms with E-state index in [4.69, 9.17) is 4.74 Å². The highest BCUT2D eigenvalue weighted by atomic mass is 32.1. The minimum atomic E-state index is -0.167. The molecule has 0 fully saturated rings. The molecule has 27 heavy (non-hydrogen) atoms. The Morgan fingerprint density at radius 2 is 1.70 bits per heavy atom. The highest BCUT2D eigenvalue weighted by molar-refractivity contribution is 7.13. The second kappa shape index (κ2) is 8.46. The Hall–Kier alpha value is -3.19. The van der Waals surface area contributed by atoms with Crippen molar-refractivity contribution in [3.05, 3.63) is 70.7 Å². The van der Waals surface area contributed by atoms with Crippen molar-refractivity contribution in [2.24, 2.45) is 0 Å². The predicted molar refractivity (Wildman–Crippen MR) is 106 cm³/mol. The van der Waals surface area contributed by atoms with Crippen LogP contribution in [0.5, 0.6) is 5.75 Å². The summed E-state index contributed by atoms with van der Waals surface area (Å²) in [6.45, 7) is 1.88. The van der Waals surface area contributed by atoms with E-state index >= 15 is 0 Å². The van der Waals surface area contributed by atoms with E-state index in [1.54, 1.807) is 43.5 Å². The van der Waals surface area contributed by atoms with Gasteiger partial charge in [0.1, 0.15) is 5.75 Å². The van der Waals surface area contributed by atoms with Gasteiger partial charge in [-0.05, 0) is 55.5 Å². The Morgan fingerprint density at radius 1 is 1.04 bits per heavy atom. The van der Waals surface area contributed by atoms with Crippen LogP contribution < -0.4 is 15.4 Å². The smallest absolute Gasteiger partial charge is 0.251 e. The van der Waals surface area contributed by atoms with Gasteiger partial charge in [0.15, 0.2) is 10.9 Å². The summed E-state index contributed by atoms with van der Waals surface area (Å²) in [6, 6.07) is 14.1. The van der Waals surface area contributed by atoms with Crippen LogP contribution in [0.3, 0.4) is 0 Å². The molecule has 0 bridgehead atoms. The van der Waals surface area contributed by atoms with Gasteiger partial charge in [-0.3, -0.25) is 9.59 Å². The van der Waals surface area contributed by atoms with Crippen LogP contribution in [0, 0.1) is 0 Å².